The third kappa shape index (κ3) is 2.24. The number of carbonyl (C=O) groups excluding carboxylic acids is 1. The summed E-state index contributed by atoms with van der Waals surface area (Å²) < 4.78 is 1.23. The number of carbonyl (C=O) groups is 1. The zero-order chi connectivity index (χ0) is 6.69. The van der Waals surface area contributed by atoms with E-state index >= 15 is 0 Å². The minimum absolute atomic E-state index is 0.469. The van der Waals surface area contributed by atoms with E-state index in [0.717, 1.165) is 31.6 Å². The van der Waals surface area contributed by atoms with E-state index in [4.69, 9.17) is 0 Å². The molecule has 0 bridgehead atoms. The lowest BCUT2D eigenvalue weighted by atomic mass is 9.90. The summed E-state index contributed by atoms with van der Waals surface area (Å²) in [5, 5.41) is 0. The van der Waals surface area contributed by atoms with Crippen LogP contribution in [0, 0.1) is 5.92 Å². The smallest absolute Gasteiger partial charge is 0.132 e. The van der Waals surface area contributed by atoms with Crippen molar-refractivity contribution in [3.63, 3.8) is 0 Å². The van der Waals surface area contributed by atoms with Crippen LogP contribution in [-0.4, -0.2) is 10.2 Å². The highest BCUT2D eigenvalue weighted by Gasteiger charge is 2.16. The molecule has 0 radical (unpaired) electrons. The minimum atomic E-state index is 0.469. The van der Waals surface area contributed by atoms with Crippen molar-refractivity contribution in [3.05, 3.63) is 0 Å². The summed E-state index contributed by atoms with van der Waals surface area (Å²) in [7, 11) is 0. The summed E-state index contributed by atoms with van der Waals surface area (Å²) >= 11 is 2.40. The van der Waals surface area contributed by atoms with Crippen LogP contribution in [0.2, 0.25) is 0 Å². The maximum absolute atomic E-state index is 10.7. The number of Topliss-reactive ketones (excluding diaryl/α,β-unsaturated/α-hetero) is 1. The molecule has 0 N–H and O–H groups in total. The van der Waals surface area contributed by atoms with Crippen molar-refractivity contribution in [3.8, 4) is 0 Å². The summed E-state index contributed by atoms with van der Waals surface area (Å²) in [5.74, 6) is 1.31. The Bertz CT molecular complexity index is 101. The number of hydrogen-bond acceptors (Lipinski definition) is 1. The molecule has 0 saturated heterocycles. The van der Waals surface area contributed by atoms with Crippen LogP contribution in [0.15, 0.2) is 0 Å². The molecule has 1 fully saturated rings. The minimum Gasteiger partial charge on any atom is -0.300 e. The Kier molecular flexibility index (Phi) is 2.95. The van der Waals surface area contributed by atoms with Gasteiger partial charge in [0.2, 0.25) is 0 Å². The zero-order valence-electron chi connectivity index (χ0n) is 5.40. The van der Waals surface area contributed by atoms with Crippen molar-refractivity contribution in [2.24, 2.45) is 5.92 Å². The Morgan fingerprint density at radius 2 is 2.00 bits per heavy atom. The maximum atomic E-state index is 10.7. The van der Waals surface area contributed by atoms with Crippen molar-refractivity contribution in [1.29, 1.82) is 0 Å². The van der Waals surface area contributed by atoms with E-state index in [1.54, 1.807) is 0 Å². The Morgan fingerprint density at radius 3 is 2.44 bits per heavy atom. The predicted molar refractivity (Wildman–Crippen MR) is 45.9 cm³/mol. The van der Waals surface area contributed by atoms with Gasteiger partial charge in [0.05, 0.1) is 0 Å². The molecule has 1 rings (SSSR count). The van der Waals surface area contributed by atoms with Gasteiger partial charge in [-0.2, -0.15) is 0 Å². The first-order chi connectivity index (χ1) is 4.33. The lowest BCUT2D eigenvalue weighted by molar-refractivity contribution is -0.120. The Morgan fingerprint density at radius 1 is 1.44 bits per heavy atom. The highest BCUT2D eigenvalue weighted by Crippen LogP contribution is 2.22. The van der Waals surface area contributed by atoms with Gasteiger partial charge in [-0.25, -0.2) is 0 Å². The van der Waals surface area contributed by atoms with Gasteiger partial charge in [0.1, 0.15) is 5.78 Å². The third-order valence-corrected chi connectivity index (χ3v) is 3.13. The molecule has 1 nitrogen and oxygen atoms in total. The average Bonchev–Trinajstić information content (AvgIpc) is 1.90. The molecular formula is C7H11IO. The highest BCUT2D eigenvalue weighted by atomic mass is 127. The molecule has 0 spiro atoms. The SMILES string of the molecule is O=C1CCC(CI)CC1. The van der Waals surface area contributed by atoms with Gasteiger partial charge in [-0.3, -0.25) is 4.79 Å². The number of ketones is 1. The lowest BCUT2D eigenvalue weighted by Crippen LogP contribution is -2.14. The normalized spacial score (nSPS) is 22.6. The van der Waals surface area contributed by atoms with Gasteiger partial charge in [-0.05, 0) is 18.8 Å². The second kappa shape index (κ2) is 3.54. The molecule has 2 heteroatoms. The number of rotatable bonds is 1. The van der Waals surface area contributed by atoms with Gasteiger partial charge < -0.3 is 0 Å². The van der Waals surface area contributed by atoms with Crippen molar-refractivity contribution in [1.82, 2.24) is 0 Å². The molecule has 0 aromatic carbocycles. The topological polar surface area (TPSA) is 17.1 Å². The Hall–Kier alpha value is 0.400. The fraction of sp³-hybridized carbons (Fsp3) is 0.857. The van der Waals surface area contributed by atoms with Gasteiger partial charge >= 0.3 is 0 Å². The van der Waals surface area contributed by atoms with E-state index in [1.165, 1.54) is 4.43 Å². The molecule has 0 heterocycles. The Balaban J connectivity index is 2.26. The third-order valence-electron chi connectivity index (χ3n) is 1.88. The fourth-order valence-electron chi connectivity index (χ4n) is 1.15. The highest BCUT2D eigenvalue weighted by molar-refractivity contribution is 14.1. The molecule has 52 valence electrons. The maximum Gasteiger partial charge on any atom is 0.132 e. The van der Waals surface area contributed by atoms with Gasteiger partial charge in [0, 0.05) is 17.3 Å². The summed E-state index contributed by atoms with van der Waals surface area (Å²) in [6.45, 7) is 0. The molecule has 0 atom stereocenters. The van der Waals surface area contributed by atoms with Crippen LogP contribution in [0.1, 0.15) is 25.7 Å². The van der Waals surface area contributed by atoms with E-state index < -0.39 is 0 Å². The van der Waals surface area contributed by atoms with Crippen molar-refractivity contribution >= 4 is 28.4 Å². The largest absolute Gasteiger partial charge is 0.300 e. The standard InChI is InChI=1S/C7H11IO/c8-5-6-1-3-7(9)4-2-6/h6H,1-5H2. The predicted octanol–water partition coefficient (Wildman–Crippen LogP) is 2.18. The molecule has 0 aromatic rings. The van der Waals surface area contributed by atoms with Crippen LogP contribution >= 0.6 is 22.6 Å². The number of halogens is 1. The van der Waals surface area contributed by atoms with Crippen LogP contribution < -0.4 is 0 Å². The monoisotopic (exact) mass is 238 g/mol. The molecule has 0 aliphatic heterocycles. The van der Waals surface area contributed by atoms with Crippen molar-refractivity contribution < 1.29 is 4.79 Å². The first-order valence-electron chi connectivity index (χ1n) is 3.40. The molecule has 0 aromatic heterocycles. The van der Waals surface area contributed by atoms with E-state index in [0.29, 0.717) is 5.78 Å². The van der Waals surface area contributed by atoms with E-state index in [9.17, 15) is 4.79 Å². The second-order valence-corrected chi connectivity index (χ2v) is 3.52. The zero-order valence-corrected chi connectivity index (χ0v) is 7.56. The summed E-state index contributed by atoms with van der Waals surface area (Å²) in [6, 6.07) is 0. The van der Waals surface area contributed by atoms with Crippen LogP contribution in [-0.2, 0) is 4.79 Å². The molecule has 1 aliphatic carbocycles. The van der Waals surface area contributed by atoms with Gasteiger partial charge in [-0.15, -0.1) is 0 Å². The first-order valence-corrected chi connectivity index (χ1v) is 4.93. The second-order valence-electron chi connectivity index (χ2n) is 2.64. The van der Waals surface area contributed by atoms with Crippen LogP contribution in [0.5, 0.6) is 0 Å². The van der Waals surface area contributed by atoms with Gasteiger partial charge in [0.15, 0.2) is 0 Å². The lowest BCUT2D eigenvalue weighted by Gasteiger charge is -2.17. The molecule has 0 unspecified atom stereocenters. The van der Waals surface area contributed by atoms with Gasteiger partial charge in [0.25, 0.3) is 0 Å². The summed E-state index contributed by atoms with van der Waals surface area (Å²) in [6.07, 6.45) is 3.96. The van der Waals surface area contributed by atoms with Crippen LogP contribution in [0.25, 0.3) is 0 Å². The van der Waals surface area contributed by atoms with Crippen molar-refractivity contribution in [2.45, 2.75) is 25.7 Å². The number of alkyl halides is 1. The molecule has 9 heavy (non-hydrogen) atoms. The molecule has 1 saturated carbocycles. The van der Waals surface area contributed by atoms with E-state index in [2.05, 4.69) is 22.6 Å². The summed E-state index contributed by atoms with van der Waals surface area (Å²) in [4.78, 5) is 10.7. The van der Waals surface area contributed by atoms with Gasteiger partial charge in [-0.1, -0.05) is 22.6 Å². The number of hydrogen-bond donors (Lipinski definition) is 0. The van der Waals surface area contributed by atoms with Crippen LogP contribution in [0.4, 0.5) is 0 Å². The molecule has 0 amide bonds. The van der Waals surface area contributed by atoms with E-state index in [-0.39, 0.29) is 0 Å². The van der Waals surface area contributed by atoms with Crippen LogP contribution in [0.3, 0.4) is 0 Å². The average molecular weight is 238 g/mol. The van der Waals surface area contributed by atoms with E-state index in [1.807, 2.05) is 0 Å². The first kappa shape index (κ1) is 7.51. The fourth-order valence-corrected chi connectivity index (χ4v) is 2.03. The summed E-state index contributed by atoms with van der Waals surface area (Å²) in [5.41, 5.74) is 0. The molecule has 1 aliphatic rings. The molecular weight excluding hydrogens is 227 g/mol. The van der Waals surface area contributed by atoms with Crippen molar-refractivity contribution in [2.75, 3.05) is 4.43 Å². The quantitative estimate of drug-likeness (QED) is 0.505. The Labute approximate surface area is 69.3 Å².